The van der Waals surface area contributed by atoms with Crippen LogP contribution in [0.25, 0.3) is 0 Å². The van der Waals surface area contributed by atoms with Crippen molar-refractivity contribution in [3.63, 3.8) is 0 Å². The molecule has 0 radical (unpaired) electrons. The van der Waals surface area contributed by atoms with Gasteiger partial charge in [-0.05, 0) is 18.1 Å². The van der Waals surface area contributed by atoms with Crippen molar-refractivity contribution in [2.24, 2.45) is 11.3 Å². The molecule has 0 spiro atoms. The second-order valence-electron chi connectivity index (χ2n) is 7.72. The van der Waals surface area contributed by atoms with Gasteiger partial charge >= 0.3 is 11.9 Å². The van der Waals surface area contributed by atoms with Crippen LogP contribution in [0.15, 0.2) is 42.2 Å². The number of esters is 2. The molecular weight excluding hydrogens is 320 g/mol. The van der Waals surface area contributed by atoms with Gasteiger partial charge in [0.2, 0.25) is 6.29 Å². The molecule has 1 saturated heterocycles. The van der Waals surface area contributed by atoms with Gasteiger partial charge < -0.3 is 14.2 Å². The summed E-state index contributed by atoms with van der Waals surface area (Å²) < 4.78 is 17.2. The Balaban J connectivity index is 1.96. The molecule has 1 aliphatic heterocycles. The highest BCUT2D eigenvalue weighted by atomic mass is 16.8. The van der Waals surface area contributed by atoms with Crippen molar-refractivity contribution in [2.75, 3.05) is 0 Å². The monoisotopic (exact) mass is 344 g/mol. The van der Waals surface area contributed by atoms with Crippen LogP contribution in [0.5, 0.6) is 0 Å². The number of cyclic esters (lactones) is 1. The Morgan fingerprint density at radius 2 is 1.92 bits per heavy atom. The fourth-order valence-corrected chi connectivity index (χ4v) is 3.41. The summed E-state index contributed by atoms with van der Waals surface area (Å²) in [6, 6.07) is 9.43. The molecule has 134 valence electrons. The molecule has 0 aromatic heterocycles. The molecule has 0 bridgehead atoms. The lowest BCUT2D eigenvalue weighted by Gasteiger charge is -2.33. The summed E-state index contributed by atoms with van der Waals surface area (Å²) in [5, 5.41) is 0. The van der Waals surface area contributed by atoms with Crippen LogP contribution < -0.4 is 0 Å². The number of ether oxygens (including phenoxy) is 3. The van der Waals surface area contributed by atoms with Gasteiger partial charge in [0.15, 0.2) is 5.60 Å². The second-order valence-corrected chi connectivity index (χ2v) is 7.72. The minimum Gasteiger partial charge on any atom is -0.433 e. The number of hydrogen-bond donors (Lipinski definition) is 0. The van der Waals surface area contributed by atoms with E-state index < -0.39 is 11.9 Å². The summed E-state index contributed by atoms with van der Waals surface area (Å²) in [5.41, 5.74) is -0.747. The van der Waals surface area contributed by atoms with Gasteiger partial charge in [-0.15, -0.1) is 0 Å². The van der Waals surface area contributed by atoms with Crippen LogP contribution in [0.2, 0.25) is 0 Å². The van der Waals surface area contributed by atoms with E-state index in [9.17, 15) is 9.59 Å². The summed E-state index contributed by atoms with van der Waals surface area (Å²) >= 11 is 0. The summed E-state index contributed by atoms with van der Waals surface area (Å²) in [4.78, 5) is 24.2. The lowest BCUT2D eigenvalue weighted by Crippen LogP contribution is -2.41. The first-order valence-electron chi connectivity index (χ1n) is 8.55. The normalized spacial score (nSPS) is 29.3. The van der Waals surface area contributed by atoms with Gasteiger partial charge in [0.25, 0.3) is 0 Å². The van der Waals surface area contributed by atoms with Crippen LogP contribution >= 0.6 is 0 Å². The average Bonchev–Trinajstić information content (AvgIpc) is 3.12. The van der Waals surface area contributed by atoms with Crippen LogP contribution in [0, 0.1) is 11.3 Å². The smallest absolute Gasteiger partial charge is 0.345 e. The summed E-state index contributed by atoms with van der Waals surface area (Å²) in [6.45, 7) is 7.30. The number of carbonyl (C=O) groups is 2. The molecule has 1 fully saturated rings. The maximum atomic E-state index is 13.0. The van der Waals surface area contributed by atoms with Gasteiger partial charge in [-0.3, -0.25) is 4.79 Å². The Kier molecular flexibility index (Phi) is 4.45. The van der Waals surface area contributed by atoms with Crippen molar-refractivity contribution in [2.45, 2.75) is 52.4 Å². The maximum absolute atomic E-state index is 13.0. The number of rotatable bonds is 3. The first-order valence-corrected chi connectivity index (χ1v) is 8.55. The molecule has 5 nitrogen and oxygen atoms in total. The highest BCUT2D eigenvalue weighted by Crippen LogP contribution is 2.50. The maximum Gasteiger partial charge on any atom is 0.345 e. The van der Waals surface area contributed by atoms with E-state index in [0.717, 1.165) is 5.56 Å². The Labute approximate surface area is 148 Å². The van der Waals surface area contributed by atoms with Crippen LogP contribution in [0.3, 0.4) is 0 Å². The quantitative estimate of drug-likeness (QED) is 0.783. The van der Waals surface area contributed by atoms with E-state index in [1.54, 1.807) is 0 Å². The van der Waals surface area contributed by atoms with Crippen LogP contribution in [-0.2, 0) is 29.4 Å². The first kappa shape index (κ1) is 17.7. The van der Waals surface area contributed by atoms with Crippen molar-refractivity contribution in [1.82, 2.24) is 0 Å². The number of carbonyl (C=O) groups excluding carboxylic acids is 2. The van der Waals surface area contributed by atoms with Gasteiger partial charge in [-0.25, -0.2) is 4.79 Å². The zero-order valence-corrected chi connectivity index (χ0v) is 15.1. The molecule has 1 unspecified atom stereocenters. The number of hydrogen-bond acceptors (Lipinski definition) is 5. The highest BCUT2D eigenvalue weighted by molar-refractivity contribution is 5.83. The Morgan fingerprint density at radius 3 is 2.48 bits per heavy atom. The van der Waals surface area contributed by atoms with Crippen molar-refractivity contribution >= 4 is 11.9 Å². The molecule has 0 amide bonds. The second kappa shape index (κ2) is 6.30. The fourth-order valence-electron chi connectivity index (χ4n) is 3.41. The molecule has 1 aromatic rings. The van der Waals surface area contributed by atoms with E-state index in [-0.39, 0.29) is 23.3 Å². The molecule has 1 aliphatic carbocycles. The van der Waals surface area contributed by atoms with Gasteiger partial charge in [-0.2, -0.15) is 0 Å². The molecule has 3 atom stereocenters. The zero-order valence-electron chi connectivity index (χ0n) is 15.1. The minimum atomic E-state index is -1.18. The van der Waals surface area contributed by atoms with Gasteiger partial charge in [0, 0.05) is 24.7 Å². The third kappa shape index (κ3) is 3.21. The summed E-state index contributed by atoms with van der Waals surface area (Å²) in [5.74, 6) is -0.322. The molecule has 1 heterocycles. The lowest BCUT2D eigenvalue weighted by molar-refractivity contribution is -0.162. The Hall–Kier alpha value is -2.14. The zero-order chi connectivity index (χ0) is 18.2. The third-order valence-electron chi connectivity index (χ3n) is 4.65. The SMILES string of the molecule is CC(=O)OC1=CCC([C@]2(c3ccccc3)O[C@@H](C(C)(C)C)OC2=O)C1. The molecular formula is C20H24O5. The Bertz CT molecular complexity index is 701. The fraction of sp³-hybridized carbons (Fsp3) is 0.500. The molecule has 25 heavy (non-hydrogen) atoms. The van der Waals surface area contributed by atoms with Crippen molar-refractivity contribution in [3.8, 4) is 0 Å². The minimum absolute atomic E-state index is 0.177. The molecule has 1 aromatic carbocycles. The van der Waals surface area contributed by atoms with E-state index in [2.05, 4.69) is 0 Å². The van der Waals surface area contributed by atoms with E-state index in [0.29, 0.717) is 18.6 Å². The van der Waals surface area contributed by atoms with E-state index >= 15 is 0 Å². The Morgan fingerprint density at radius 1 is 1.24 bits per heavy atom. The standard InChI is InChI=1S/C20H24O5/c1-13(21)23-16-11-10-15(12-16)20(14-8-6-5-7-9-14)17(22)24-18(25-20)19(2,3)4/h5-9,11,15,18H,10,12H2,1-4H3/t15?,18-,20-/m0/s1. The van der Waals surface area contributed by atoms with E-state index in [4.69, 9.17) is 14.2 Å². The predicted octanol–water partition coefficient (Wildman–Crippen LogP) is 3.68. The first-order chi connectivity index (χ1) is 11.7. The highest BCUT2D eigenvalue weighted by Gasteiger charge is 2.59. The van der Waals surface area contributed by atoms with Crippen LogP contribution in [0.1, 0.15) is 46.1 Å². The number of benzene rings is 1. The van der Waals surface area contributed by atoms with E-state index in [1.165, 1.54) is 6.92 Å². The average molecular weight is 344 g/mol. The van der Waals surface area contributed by atoms with Gasteiger partial charge in [0.1, 0.15) is 5.76 Å². The van der Waals surface area contributed by atoms with Crippen molar-refractivity contribution in [3.05, 3.63) is 47.7 Å². The summed E-state index contributed by atoms with van der Waals surface area (Å²) in [6.07, 6.45) is 2.28. The lowest BCUT2D eigenvalue weighted by atomic mass is 9.79. The van der Waals surface area contributed by atoms with Crippen LogP contribution in [-0.4, -0.2) is 18.2 Å². The van der Waals surface area contributed by atoms with Crippen LogP contribution in [0.4, 0.5) is 0 Å². The van der Waals surface area contributed by atoms with Gasteiger partial charge in [-0.1, -0.05) is 51.1 Å². The van der Waals surface area contributed by atoms with Gasteiger partial charge in [0.05, 0.1) is 0 Å². The largest absolute Gasteiger partial charge is 0.433 e. The molecule has 0 saturated carbocycles. The van der Waals surface area contributed by atoms with Crippen molar-refractivity contribution in [1.29, 1.82) is 0 Å². The topological polar surface area (TPSA) is 61.8 Å². The molecule has 3 rings (SSSR count). The number of allylic oxidation sites excluding steroid dienone is 2. The third-order valence-corrected chi connectivity index (χ3v) is 4.65. The van der Waals surface area contributed by atoms with Crippen molar-refractivity contribution < 1.29 is 23.8 Å². The molecule has 0 N–H and O–H groups in total. The predicted molar refractivity (Wildman–Crippen MR) is 91.1 cm³/mol. The van der Waals surface area contributed by atoms with E-state index in [1.807, 2.05) is 57.2 Å². The molecule has 5 heteroatoms. The molecule has 2 aliphatic rings. The summed E-state index contributed by atoms with van der Waals surface area (Å²) in [7, 11) is 0.